The number of allylic oxidation sites excluding steroid dienone is 1. The summed E-state index contributed by atoms with van der Waals surface area (Å²) in [6.45, 7) is 1.10. The summed E-state index contributed by atoms with van der Waals surface area (Å²) in [4.78, 5) is 14.4. The number of benzene rings is 1. The first-order chi connectivity index (χ1) is 12.3. The van der Waals surface area contributed by atoms with Crippen LogP contribution in [0.5, 0.6) is 5.75 Å². The van der Waals surface area contributed by atoms with Crippen molar-refractivity contribution in [2.45, 2.75) is 56.4 Å². The van der Waals surface area contributed by atoms with Crippen LogP contribution >= 0.6 is 0 Å². The molecule has 4 aliphatic rings. The van der Waals surface area contributed by atoms with E-state index in [1.165, 1.54) is 43.2 Å². The molecule has 0 amide bonds. The van der Waals surface area contributed by atoms with Crippen LogP contribution in [0.25, 0.3) is 0 Å². The number of hydrogen-bond donors (Lipinski definition) is 0. The topological polar surface area (TPSA) is 41.9 Å². The van der Waals surface area contributed by atoms with E-state index in [-0.39, 0.29) is 5.41 Å². The highest BCUT2D eigenvalue weighted by atomic mass is 16.5. The second-order valence-corrected chi connectivity index (χ2v) is 8.36. The molecule has 0 saturated heterocycles. The highest BCUT2D eigenvalue weighted by Gasteiger charge is 2.56. The van der Waals surface area contributed by atoms with Gasteiger partial charge in [0, 0.05) is 24.2 Å². The van der Waals surface area contributed by atoms with Gasteiger partial charge in [-0.25, -0.2) is 0 Å². The van der Waals surface area contributed by atoms with Crippen molar-refractivity contribution in [1.82, 2.24) is 4.90 Å². The van der Waals surface area contributed by atoms with Crippen molar-refractivity contribution in [1.29, 1.82) is 0 Å². The van der Waals surface area contributed by atoms with Gasteiger partial charge in [0.05, 0.1) is 7.11 Å². The Morgan fingerprint density at radius 3 is 2.92 bits per heavy atom. The molecule has 0 unspecified atom stereocenters. The minimum absolute atomic E-state index is 0.188. The summed E-state index contributed by atoms with van der Waals surface area (Å²) < 4.78 is 5.51. The number of ether oxygens (including phenoxy) is 1. The standard InChI is InChI=1S/C21H26N2O2/c1-25-16-8-7-15-10-19-17-4-2-3-9-21(17,18(15)11-16)20(22-24)13-23(19)12-14-5-6-14/h7-8,11,13-14,17,19H,2-6,9-10,12H2,1H3/t17-,19+,21+/m0/s1. The first kappa shape index (κ1) is 15.4. The van der Waals surface area contributed by atoms with E-state index in [0.717, 1.165) is 36.8 Å². The second-order valence-electron chi connectivity index (χ2n) is 8.36. The van der Waals surface area contributed by atoms with Gasteiger partial charge >= 0.3 is 0 Å². The number of hydrogen-bond acceptors (Lipinski definition) is 4. The fourth-order valence-corrected chi connectivity index (χ4v) is 5.76. The van der Waals surface area contributed by atoms with E-state index in [0.29, 0.717) is 12.0 Å². The van der Waals surface area contributed by atoms with Crippen molar-refractivity contribution in [2.75, 3.05) is 13.7 Å². The lowest BCUT2D eigenvalue weighted by Gasteiger charge is -2.57. The maximum absolute atomic E-state index is 11.9. The number of fused-ring (bicyclic) bond motifs is 1. The number of rotatable bonds is 4. The van der Waals surface area contributed by atoms with Crippen LogP contribution in [0.2, 0.25) is 0 Å². The molecule has 0 spiro atoms. The van der Waals surface area contributed by atoms with Crippen molar-refractivity contribution >= 4 is 0 Å². The lowest BCUT2D eigenvalue weighted by molar-refractivity contribution is 0.0632. The molecule has 4 nitrogen and oxygen atoms in total. The van der Waals surface area contributed by atoms with Crippen molar-refractivity contribution in [3.63, 3.8) is 0 Å². The lowest BCUT2D eigenvalue weighted by Crippen LogP contribution is -2.58. The van der Waals surface area contributed by atoms with Gasteiger partial charge in [0.25, 0.3) is 0 Å². The third kappa shape index (κ3) is 2.19. The Kier molecular flexibility index (Phi) is 3.44. The summed E-state index contributed by atoms with van der Waals surface area (Å²) >= 11 is 0. The molecule has 4 heteroatoms. The molecular formula is C21H26N2O2. The van der Waals surface area contributed by atoms with Gasteiger partial charge in [-0.2, -0.15) is 0 Å². The molecule has 3 atom stereocenters. The smallest absolute Gasteiger partial charge is 0.119 e. The average molecular weight is 338 g/mol. The van der Waals surface area contributed by atoms with Gasteiger partial charge in [-0.3, -0.25) is 0 Å². The van der Waals surface area contributed by atoms with E-state index >= 15 is 0 Å². The van der Waals surface area contributed by atoms with E-state index in [1.807, 2.05) is 0 Å². The van der Waals surface area contributed by atoms with Gasteiger partial charge in [0.2, 0.25) is 0 Å². The van der Waals surface area contributed by atoms with Crippen LogP contribution in [0.3, 0.4) is 0 Å². The molecule has 0 aromatic heterocycles. The van der Waals surface area contributed by atoms with Gasteiger partial charge in [0.15, 0.2) is 0 Å². The van der Waals surface area contributed by atoms with Crippen molar-refractivity contribution in [3.05, 3.63) is 46.1 Å². The van der Waals surface area contributed by atoms with Crippen LogP contribution in [0, 0.1) is 16.7 Å². The maximum atomic E-state index is 11.9. The zero-order valence-corrected chi connectivity index (χ0v) is 14.9. The number of nitrogens with zero attached hydrogens (tertiary/aromatic N) is 2. The molecule has 2 bridgehead atoms. The molecule has 5 rings (SSSR count). The summed E-state index contributed by atoms with van der Waals surface area (Å²) in [6, 6.07) is 6.99. The predicted octanol–water partition coefficient (Wildman–Crippen LogP) is 4.38. The molecule has 1 aromatic rings. The third-order valence-electron chi connectivity index (χ3n) is 7.10. The quantitative estimate of drug-likeness (QED) is 0.765. The Hall–Kier alpha value is -1.84. The summed E-state index contributed by atoms with van der Waals surface area (Å²) in [6.07, 6.45) is 10.6. The fourth-order valence-electron chi connectivity index (χ4n) is 5.76. The Bertz CT molecular complexity index is 739. The molecule has 25 heavy (non-hydrogen) atoms. The predicted molar refractivity (Wildman–Crippen MR) is 97.4 cm³/mol. The van der Waals surface area contributed by atoms with Crippen LogP contribution in [0.1, 0.15) is 49.7 Å². The monoisotopic (exact) mass is 338 g/mol. The van der Waals surface area contributed by atoms with E-state index in [4.69, 9.17) is 4.74 Å². The summed E-state index contributed by atoms with van der Waals surface area (Å²) in [5.41, 5.74) is 3.28. The molecule has 0 N–H and O–H groups in total. The second kappa shape index (κ2) is 5.58. The van der Waals surface area contributed by atoms with Crippen LogP contribution in [0.15, 0.2) is 35.3 Å². The summed E-state index contributed by atoms with van der Waals surface area (Å²) in [5, 5.41) is 3.60. The molecule has 0 radical (unpaired) electrons. The third-order valence-corrected chi connectivity index (χ3v) is 7.10. The van der Waals surface area contributed by atoms with Crippen LogP contribution < -0.4 is 4.74 Å². The van der Waals surface area contributed by atoms with Crippen molar-refractivity contribution < 1.29 is 4.74 Å². The molecule has 3 aliphatic carbocycles. The maximum Gasteiger partial charge on any atom is 0.119 e. The molecular weight excluding hydrogens is 312 g/mol. The van der Waals surface area contributed by atoms with E-state index in [9.17, 15) is 4.91 Å². The number of nitroso groups, excluding NO2 is 1. The first-order valence-electron chi connectivity index (χ1n) is 9.75. The SMILES string of the molecule is COc1ccc2c(c1)[C@@]13CCCC[C@H]1[C@@H](C2)N(CC1CC1)C=C3N=O. The Morgan fingerprint density at radius 1 is 1.28 bits per heavy atom. The molecule has 1 heterocycles. The molecule has 132 valence electrons. The zero-order chi connectivity index (χ0) is 17.0. The number of methoxy groups -OCH3 is 1. The molecule has 2 saturated carbocycles. The van der Waals surface area contributed by atoms with Crippen molar-refractivity contribution in [3.8, 4) is 5.75 Å². The minimum Gasteiger partial charge on any atom is -0.497 e. The average Bonchev–Trinajstić information content (AvgIpc) is 3.47. The summed E-state index contributed by atoms with van der Waals surface area (Å²) in [7, 11) is 1.72. The van der Waals surface area contributed by atoms with Gasteiger partial charge in [-0.15, -0.1) is 4.91 Å². The highest BCUT2D eigenvalue weighted by Crippen LogP contribution is 2.58. The van der Waals surface area contributed by atoms with E-state index in [2.05, 4.69) is 34.5 Å². The fraction of sp³-hybridized carbons (Fsp3) is 0.619. The summed E-state index contributed by atoms with van der Waals surface area (Å²) in [5.74, 6) is 2.22. The van der Waals surface area contributed by atoms with Gasteiger partial charge in [-0.1, -0.05) is 18.9 Å². The van der Waals surface area contributed by atoms with E-state index in [1.54, 1.807) is 7.11 Å². The van der Waals surface area contributed by atoms with Crippen molar-refractivity contribution in [2.24, 2.45) is 17.0 Å². The van der Waals surface area contributed by atoms with Gasteiger partial charge in [0.1, 0.15) is 11.4 Å². The highest BCUT2D eigenvalue weighted by molar-refractivity contribution is 5.51. The molecule has 1 aromatic carbocycles. The van der Waals surface area contributed by atoms with Crippen LogP contribution in [0.4, 0.5) is 0 Å². The van der Waals surface area contributed by atoms with Crippen LogP contribution in [-0.4, -0.2) is 24.6 Å². The minimum atomic E-state index is -0.188. The normalized spacial score (nSPS) is 33.2. The Balaban J connectivity index is 1.69. The molecule has 2 fully saturated rings. The first-order valence-corrected chi connectivity index (χ1v) is 9.75. The van der Waals surface area contributed by atoms with Gasteiger partial charge < -0.3 is 9.64 Å². The van der Waals surface area contributed by atoms with E-state index < -0.39 is 0 Å². The molecule has 1 aliphatic heterocycles. The van der Waals surface area contributed by atoms with Crippen LogP contribution in [-0.2, 0) is 11.8 Å². The lowest BCUT2D eigenvalue weighted by atomic mass is 9.53. The van der Waals surface area contributed by atoms with Gasteiger partial charge in [-0.05, 0) is 72.4 Å². The Labute approximate surface area is 149 Å². The largest absolute Gasteiger partial charge is 0.497 e. The zero-order valence-electron chi connectivity index (χ0n) is 14.9. The Morgan fingerprint density at radius 2 is 2.16 bits per heavy atom.